The Morgan fingerprint density at radius 2 is 2.06 bits per heavy atom. The summed E-state index contributed by atoms with van der Waals surface area (Å²) in [6, 6.07) is 9.08. The van der Waals surface area contributed by atoms with Gasteiger partial charge in [0.15, 0.2) is 0 Å². The summed E-state index contributed by atoms with van der Waals surface area (Å²) in [6.45, 7) is 8.14. The van der Waals surface area contributed by atoms with Gasteiger partial charge in [-0.1, -0.05) is 26.0 Å². The number of anilines is 1. The number of carbonyl (C=O) groups is 1. The molecule has 0 bridgehead atoms. The maximum absolute atomic E-state index is 11.7. The molecule has 3 aliphatic rings. The van der Waals surface area contributed by atoms with E-state index in [4.69, 9.17) is 14.7 Å². The molecule has 6 rings (SSSR count). The molecular weight excluding hydrogens is 402 g/mol. The molecule has 1 saturated heterocycles. The van der Waals surface area contributed by atoms with E-state index in [1.165, 1.54) is 11.3 Å². The van der Waals surface area contributed by atoms with Crippen LogP contribution in [0.25, 0.3) is 22.3 Å². The highest BCUT2D eigenvalue weighted by Gasteiger charge is 2.32. The van der Waals surface area contributed by atoms with Crippen molar-refractivity contribution in [1.82, 2.24) is 19.9 Å². The molecule has 0 unspecified atom stereocenters. The molecule has 1 aromatic carbocycles. The Labute approximate surface area is 187 Å². The second-order valence-electron chi connectivity index (χ2n) is 10.2. The molecule has 2 aliphatic heterocycles. The van der Waals surface area contributed by atoms with Crippen LogP contribution in [0.3, 0.4) is 0 Å². The molecule has 0 spiro atoms. The van der Waals surface area contributed by atoms with E-state index in [9.17, 15) is 4.79 Å². The fourth-order valence-corrected chi connectivity index (χ4v) is 4.97. The van der Waals surface area contributed by atoms with E-state index in [2.05, 4.69) is 53.3 Å². The molecule has 2 atom stereocenters. The summed E-state index contributed by atoms with van der Waals surface area (Å²) in [5, 5.41) is 6.45. The zero-order valence-electron chi connectivity index (χ0n) is 18.8. The molecule has 2 N–H and O–H groups in total. The lowest BCUT2D eigenvalue weighted by molar-refractivity contribution is -0.119. The van der Waals surface area contributed by atoms with Crippen molar-refractivity contribution in [3.63, 3.8) is 0 Å². The van der Waals surface area contributed by atoms with Gasteiger partial charge in [-0.05, 0) is 37.5 Å². The Morgan fingerprint density at radius 1 is 1.22 bits per heavy atom. The number of rotatable bonds is 5. The first-order valence-corrected chi connectivity index (χ1v) is 11.6. The molecule has 7 heteroatoms. The van der Waals surface area contributed by atoms with Crippen LogP contribution in [0.15, 0.2) is 30.6 Å². The Kier molecular flexibility index (Phi) is 4.26. The molecule has 7 nitrogen and oxygen atoms in total. The molecule has 1 saturated carbocycles. The molecule has 166 valence electrons. The molecule has 1 aliphatic carbocycles. The van der Waals surface area contributed by atoms with Gasteiger partial charge in [-0.25, -0.2) is 9.97 Å². The van der Waals surface area contributed by atoms with E-state index >= 15 is 0 Å². The third-order valence-electron chi connectivity index (χ3n) is 7.20. The number of nitrogens with zero attached hydrogens (tertiary/aromatic N) is 3. The van der Waals surface area contributed by atoms with Gasteiger partial charge in [-0.2, -0.15) is 0 Å². The molecule has 4 heterocycles. The summed E-state index contributed by atoms with van der Waals surface area (Å²) >= 11 is 0. The normalized spacial score (nSPS) is 22.5. The number of fused-ring (bicyclic) bond motifs is 2. The van der Waals surface area contributed by atoms with E-state index in [0.29, 0.717) is 24.9 Å². The monoisotopic (exact) mass is 431 g/mol. The highest BCUT2D eigenvalue weighted by molar-refractivity contribution is 5.85. The summed E-state index contributed by atoms with van der Waals surface area (Å²) in [4.78, 5) is 21.4. The topological polar surface area (TPSA) is 81.1 Å². The molecule has 2 aromatic heterocycles. The Morgan fingerprint density at radius 3 is 2.81 bits per heavy atom. The van der Waals surface area contributed by atoms with Crippen molar-refractivity contribution in [2.75, 3.05) is 18.4 Å². The van der Waals surface area contributed by atoms with Crippen molar-refractivity contribution >= 4 is 22.6 Å². The van der Waals surface area contributed by atoms with Crippen LogP contribution >= 0.6 is 0 Å². The number of hydrogen-bond donors (Lipinski definition) is 2. The number of amides is 1. The largest absolute Gasteiger partial charge is 0.473 e. The molecule has 3 aromatic rings. The van der Waals surface area contributed by atoms with Gasteiger partial charge in [0.25, 0.3) is 0 Å². The Balaban J connectivity index is 1.41. The van der Waals surface area contributed by atoms with Crippen LogP contribution in [0, 0.1) is 5.92 Å². The number of benzene rings is 1. The van der Waals surface area contributed by atoms with Gasteiger partial charge in [0.2, 0.25) is 11.8 Å². The van der Waals surface area contributed by atoms with Gasteiger partial charge in [-0.15, -0.1) is 0 Å². The first kappa shape index (κ1) is 19.6. The van der Waals surface area contributed by atoms with E-state index in [1.807, 2.05) is 13.3 Å². The SMILES string of the molecule is C[C@@H](Oc1nc(-c2ccc3c(c2)NCC3(C)C)cc2ncn(C3CC3)c12)[C@H]1CNC(=O)C1. The number of hydrogen-bond acceptors (Lipinski definition) is 5. The number of carbonyl (C=O) groups excluding carboxylic acids is 1. The average molecular weight is 432 g/mol. The Bertz CT molecular complexity index is 1230. The van der Waals surface area contributed by atoms with E-state index in [1.54, 1.807) is 0 Å². The summed E-state index contributed by atoms with van der Waals surface area (Å²) < 4.78 is 8.65. The quantitative estimate of drug-likeness (QED) is 0.637. The van der Waals surface area contributed by atoms with Crippen molar-refractivity contribution in [3.8, 4) is 17.1 Å². The van der Waals surface area contributed by atoms with Crippen LogP contribution in [-0.2, 0) is 10.2 Å². The highest BCUT2D eigenvalue weighted by Crippen LogP contribution is 2.42. The molecular formula is C25H29N5O2. The zero-order chi connectivity index (χ0) is 22.0. The number of imidazole rings is 1. The van der Waals surface area contributed by atoms with Crippen molar-refractivity contribution < 1.29 is 9.53 Å². The van der Waals surface area contributed by atoms with E-state index in [-0.39, 0.29) is 23.3 Å². The van der Waals surface area contributed by atoms with Crippen molar-refractivity contribution in [2.24, 2.45) is 5.92 Å². The summed E-state index contributed by atoms with van der Waals surface area (Å²) in [5.74, 6) is 0.850. The maximum atomic E-state index is 11.7. The number of ether oxygens (including phenoxy) is 1. The third kappa shape index (κ3) is 3.22. The van der Waals surface area contributed by atoms with Gasteiger partial charge in [0.1, 0.15) is 11.6 Å². The van der Waals surface area contributed by atoms with Gasteiger partial charge < -0.3 is 19.9 Å². The minimum atomic E-state index is -0.120. The van der Waals surface area contributed by atoms with Crippen molar-refractivity contribution in [2.45, 2.75) is 57.6 Å². The minimum Gasteiger partial charge on any atom is -0.473 e. The maximum Gasteiger partial charge on any atom is 0.241 e. The highest BCUT2D eigenvalue weighted by atomic mass is 16.5. The van der Waals surface area contributed by atoms with Crippen LogP contribution in [0.5, 0.6) is 5.88 Å². The predicted molar refractivity (Wildman–Crippen MR) is 124 cm³/mol. The number of aromatic nitrogens is 3. The molecule has 0 radical (unpaired) electrons. The third-order valence-corrected chi connectivity index (χ3v) is 7.20. The first-order chi connectivity index (χ1) is 15.4. The fourth-order valence-electron chi connectivity index (χ4n) is 4.97. The van der Waals surface area contributed by atoms with Crippen molar-refractivity contribution in [1.29, 1.82) is 0 Å². The van der Waals surface area contributed by atoms with Crippen LogP contribution in [0.2, 0.25) is 0 Å². The molecule has 32 heavy (non-hydrogen) atoms. The lowest BCUT2D eigenvalue weighted by Gasteiger charge is -2.20. The van der Waals surface area contributed by atoms with Gasteiger partial charge >= 0.3 is 0 Å². The van der Waals surface area contributed by atoms with Gasteiger partial charge in [0.05, 0.1) is 17.5 Å². The first-order valence-electron chi connectivity index (χ1n) is 11.6. The predicted octanol–water partition coefficient (Wildman–Crippen LogP) is 4.04. The number of pyridine rings is 1. The van der Waals surface area contributed by atoms with Crippen LogP contribution in [0.4, 0.5) is 5.69 Å². The smallest absolute Gasteiger partial charge is 0.241 e. The summed E-state index contributed by atoms with van der Waals surface area (Å²) in [7, 11) is 0. The summed E-state index contributed by atoms with van der Waals surface area (Å²) in [5.41, 5.74) is 6.40. The van der Waals surface area contributed by atoms with Crippen LogP contribution < -0.4 is 15.4 Å². The fraction of sp³-hybridized carbons (Fsp3) is 0.480. The Hall–Kier alpha value is -3.09. The average Bonchev–Trinajstić information content (AvgIpc) is 3.23. The molecule has 1 amide bonds. The van der Waals surface area contributed by atoms with E-state index < -0.39 is 0 Å². The van der Waals surface area contributed by atoms with Crippen LogP contribution in [-0.4, -0.2) is 39.6 Å². The van der Waals surface area contributed by atoms with Gasteiger partial charge in [-0.3, -0.25) is 4.79 Å². The zero-order valence-corrected chi connectivity index (χ0v) is 18.8. The standard InChI is InChI=1S/C25H29N5O2/c1-14(16-9-22(31)26-11-16)32-24-23-21(28-13-30(23)17-5-6-17)10-19(29-24)15-4-7-18-20(8-15)27-12-25(18,2)3/h4,7-8,10,13-14,16-17,27H,5-6,9,11-12H2,1-3H3,(H,26,31)/t14-,16-/m1/s1. The van der Waals surface area contributed by atoms with Gasteiger partial charge in [0, 0.05) is 48.1 Å². The van der Waals surface area contributed by atoms with Crippen molar-refractivity contribution in [3.05, 3.63) is 36.2 Å². The number of nitrogens with one attached hydrogen (secondary N) is 2. The second-order valence-corrected chi connectivity index (χ2v) is 10.2. The van der Waals surface area contributed by atoms with E-state index in [0.717, 1.165) is 41.7 Å². The lowest BCUT2D eigenvalue weighted by Crippen LogP contribution is -2.26. The second kappa shape index (κ2) is 6.95. The lowest BCUT2D eigenvalue weighted by atomic mass is 9.86. The minimum absolute atomic E-state index is 0.0916. The summed E-state index contributed by atoms with van der Waals surface area (Å²) in [6.07, 6.45) is 4.62. The van der Waals surface area contributed by atoms with Crippen LogP contribution in [0.1, 0.15) is 51.6 Å². The molecule has 2 fully saturated rings.